The molecule has 0 aromatic heterocycles. The van der Waals surface area contributed by atoms with Crippen LogP contribution in [0.15, 0.2) is 35.2 Å². The molecule has 0 spiro atoms. The number of benzene rings is 2. The Morgan fingerprint density at radius 2 is 1.90 bits per heavy atom. The van der Waals surface area contributed by atoms with Gasteiger partial charge in [0.05, 0.1) is 15.1 Å². The molecule has 2 aromatic rings. The molecular weight excluding hydrogens is 572 g/mol. The van der Waals surface area contributed by atoms with Crippen LogP contribution in [0.5, 0.6) is 11.5 Å². The van der Waals surface area contributed by atoms with Crippen molar-refractivity contribution in [3.05, 3.63) is 60.0 Å². The van der Waals surface area contributed by atoms with E-state index >= 15 is 0 Å². The van der Waals surface area contributed by atoms with Crippen LogP contribution in [0.1, 0.15) is 31.9 Å². The van der Waals surface area contributed by atoms with E-state index < -0.39 is 0 Å². The first-order valence-electron chi connectivity index (χ1n) is 9.51. The number of nitrogens with zero attached hydrogens (tertiary/aromatic N) is 1. The number of carbonyl (C=O) groups excluding carboxylic acids is 2. The van der Waals surface area contributed by atoms with E-state index in [0.717, 1.165) is 26.5 Å². The predicted octanol–water partition coefficient (Wildman–Crippen LogP) is 7.02. The van der Waals surface area contributed by atoms with Crippen LogP contribution in [0.2, 0.25) is 10.0 Å². The summed E-state index contributed by atoms with van der Waals surface area (Å²) in [5.41, 5.74) is 1.55. The Morgan fingerprint density at radius 3 is 2.52 bits per heavy atom. The van der Waals surface area contributed by atoms with Crippen LogP contribution >= 0.6 is 57.6 Å². The molecule has 1 saturated heterocycles. The summed E-state index contributed by atoms with van der Waals surface area (Å²) in [5.74, 6) is 0.852. The number of ether oxygens (including phenoxy) is 2. The molecule has 2 aromatic carbocycles. The Labute approximate surface area is 209 Å². The number of carbonyl (C=O) groups is 2. The van der Waals surface area contributed by atoms with E-state index in [1.165, 1.54) is 4.90 Å². The molecular formula is C22H20Cl2INO4S. The van der Waals surface area contributed by atoms with E-state index in [-0.39, 0.29) is 23.8 Å². The molecule has 5 nitrogen and oxygen atoms in total. The van der Waals surface area contributed by atoms with Crippen molar-refractivity contribution < 1.29 is 19.1 Å². The SMILES string of the molecule is CCOc1cc(/C=C2/SC(=O)N(C(C)C)C2=O)cc(I)c1OCc1ccc(Cl)cc1Cl. The fraction of sp³-hybridized carbons (Fsp3) is 0.273. The average Bonchev–Trinajstić information content (AvgIpc) is 2.96. The lowest BCUT2D eigenvalue weighted by Crippen LogP contribution is -2.34. The summed E-state index contributed by atoms with van der Waals surface area (Å²) in [7, 11) is 0. The normalized spacial score (nSPS) is 15.3. The number of rotatable bonds is 7. The van der Waals surface area contributed by atoms with Crippen LogP contribution < -0.4 is 9.47 Å². The second kappa shape index (κ2) is 10.5. The van der Waals surface area contributed by atoms with Crippen molar-refractivity contribution in [2.45, 2.75) is 33.4 Å². The minimum absolute atomic E-state index is 0.187. The molecule has 1 aliphatic rings. The summed E-state index contributed by atoms with van der Waals surface area (Å²) >= 11 is 15.3. The third-order valence-corrected chi connectivity index (χ3v) is 6.63. The first-order chi connectivity index (χ1) is 14.7. The number of halogens is 3. The van der Waals surface area contributed by atoms with Gasteiger partial charge in [0.1, 0.15) is 6.61 Å². The molecule has 0 unspecified atom stereocenters. The van der Waals surface area contributed by atoms with Gasteiger partial charge in [-0.1, -0.05) is 29.3 Å². The number of imide groups is 1. The van der Waals surface area contributed by atoms with Gasteiger partial charge in [0.25, 0.3) is 11.1 Å². The quantitative estimate of drug-likeness (QED) is 0.256. The molecule has 31 heavy (non-hydrogen) atoms. The van der Waals surface area contributed by atoms with Crippen molar-refractivity contribution in [1.29, 1.82) is 0 Å². The predicted molar refractivity (Wildman–Crippen MR) is 134 cm³/mol. The van der Waals surface area contributed by atoms with E-state index in [1.807, 2.05) is 32.9 Å². The smallest absolute Gasteiger partial charge is 0.293 e. The van der Waals surface area contributed by atoms with Gasteiger partial charge >= 0.3 is 0 Å². The number of thioether (sulfide) groups is 1. The van der Waals surface area contributed by atoms with Crippen molar-refractivity contribution in [2.75, 3.05) is 6.61 Å². The molecule has 0 atom stereocenters. The molecule has 164 valence electrons. The third-order valence-electron chi connectivity index (χ3n) is 4.36. The van der Waals surface area contributed by atoms with E-state index in [1.54, 1.807) is 24.3 Å². The van der Waals surface area contributed by atoms with Crippen LogP contribution in [0.3, 0.4) is 0 Å². The largest absolute Gasteiger partial charge is 0.490 e. The van der Waals surface area contributed by atoms with Crippen molar-refractivity contribution in [1.82, 2.24) is 4.90 Å². The topological polar surface area (TPSA) is 55.8 Å². The lowest BCUT2D eigenvalue weighted by Gasteiger charge is -2.16. The fourth-order valence-electron chi connectivity index (χ4n) is 2.94. The zero-order valence-corrected chi connectivity index (χ0v) is 21.6. The maximum absolute atomic E-state index is 12.6. The van der Waals surface area contributed by atoms with Gasteiger partial charge in [0, 0.05) is 21.7 Å². The zero-order chi connectivity index (χ0) is 22.7. The average molecular weight is 592 g/mol. The van der Waals surface area contributed by atoms with E-state index in [2.05, 4.69) is 22.6 Å². The van der Waals surface area contributed by atoms with Crippen molar-refractivity contribution in [2.24, 2.45) is 0 Å². The molecule has 2 amide bonds. The third kappa shape index (κ3) is 5.69. The van der Waals surface area contributed by atoms with Gasteiger partial charge in [0.15, 0.2) is 11.5 Å². The molecule has 9 heteroatoms. The summed E-state index contributed by atoms with van der Waals surface area (Å²) in [6.45, 7) is 6.20. The summed E-state index contributed by atoms with van der Waals surface area (Å²) in [6.07, 6.45) is 1.71. The monoisotopic (exact) mass is 591 g/mol. The maximum atomic E-state index is 12.6. The molecule has 3 rings (SSSR count). The first kappa shape index (κ1) is 24.2. The van der Waals surface area contributed by atoms with Crippen molar-refractivity contribution >= 4 is 74.8 Å². The minimum Gasteiger partial charge on any atom is -0.490 e. The van der Waals surface area contributed by atoms with E-state index in [0.29, 0.717) is 33.1 Å². The molecule has 1 aliphatic heterocycles. The van der Waals surface area contributed by atoms with Gasteiger partial charge in [-0.3, -0.25) is 14.5 Å². The lowest BCUT2D eigenvalue weighted by molar-refractivity contribution is -0.123. The number of amides is 2. The van der Waals surface area contributed by atoms with Crippen LogP contribution in [0.4, 0.5) is 4.79 Å². The van der Waals surface area contributed by atoms with Crippen molar-refractivity contribution in [3.63, 3.8) is 0 Å². The van der Waals surface area contributed by atoms with Gasteiger partial charge in [-0.05, 0) is 91.0 Å². The number of hydrogen-bond donors (Lipinski definition) is 0. The second-order valence-corrected chi connectivity index (χ2v) is 9.93. The summed E-state index contributed by atoms with van der Waals surface area (Å²) < 4.78 is 12.6. The molecule has 1 heterocycles. The Hall–Kier alpha value is -1.42. The first-order valence-corrected chi connectivity index (χ1v) is 12.2. The molecule has 0 radical (unpaired) electrons. The lowest BCUT2D eigenvalue weighted by atomic mass is 10.1. The van der Waals surface area contributed by atoms with Gasteiger partial charge in [-0.15, -0.1) is 0 Å². The second-order valence-electron chi connectivity index (χ2n) is 6.93. The van der Waals surface area contributed by atoms with Crippen LogP contribution in [0.25, 0.3) is 6.08 Å². The Bertz CT molecular complexity index is 1060. The number of hydrogen-bond acceptors (Lipinski definition) is 5. The molecule has 0 bridgehead atoms. The van der Waals surface area contributed by atoms with Gasteiger partial charge < -0.3 is 9.47 Å². The molecule has 0 N–H and O–H groups in total. The highest BCUT2D eigenvalue weighted by Gasteiger charge is 2.36. The van der Waals surface area contributed by atoms with Crippen LogP contribution in [-0.2, 0) is 11.4 Å². The van der Waals surface area contributed by atoms with Gasteiger partial charge in [-0.2, -0.15) is 0 Å². The fourth-order valence-corrected chi connectivity index (χ4v) is 5.14. The van der Waals surface area contributed by atoms with Gasteiger partial charge in [-0.25, -0.2) is 0 Å². The minimum atomic E-state index is -0.282. The molecule has 0 aliphatic carbocycles. The maximum Gasteiger partial charge on any atom is 0.293 e. The Kier molecular flexibility index (Phi) is 8.18. The van der Waals surface area contributed by atoms with Crippen molar-refractivity contribution in [3.8, 4) is 11.5 Å². The zero-order valence-electron chi connectivity index (χ0n) is 17.1. The van der Waals surface area contributed by atoms with Crippen LogP contribution in [-0.4, -0.2) is 28.7 Å². The Morgan fingerprint density at radius 1 is 1.16 bits per heavy atom. The van der Waals surface area contributed by atoms with Gasteiger partial charge in [0.2, 0.25) is 0 Å². The summed E-state index contributed by atoms with van der Waals surface area (Å²) in [6, 6.07) is 8.74. The summed E-state index contributed by atoms with van der Waals surface area (Å²) in [5, 5.41) is 0.827. The Balaban J connectivity index is 1.88. The highest BCUT2D eigenvalue weighted by atomic mass is 127. The summed E-state index contributed by atoms with van der Waals surface area (Å²) in [4.78, 5) is 26.4. The van der Waals surface area contributed by atoms with E-state index in [4.69, 9.17) is 32.7 Å². The van der Waals surface area contributed by atoms with Crippen LogP contribution in [0, 0.1) is 3.57 Å². The standard InChI is InChI=1S/C22H20Cl2INO4S/c1-4-29-18-8-13(9-19-21(27)26(12(2)3)22(28)31-19)7-17(25)20(18)30-11-14-5-6-15(23)10-16(14)24/h5-10,12H,4,11H2,1-3H3/b19-9+. The highest BCUT2D eigenvalue weighted by Crippen LogP contribution is 2.38. The molecule has 1 fully saturated rings. The van der Waals surface area contributed by atoms with E-state index in [9.17, 15) is 9.59 Å². The molecule has 0 saturated carbocycles. The highest BCUT2D eigenvalue weighted by molar-refractivity contribution is 14.1.